The van der Waals surface area contributed by atoms with Crippen LogP contribution in [0.2, 0.25) is 0 Å². The van der Waals surface area contributed by atoms with Gasteiger partial charge in [0, 0.05) is 21.1 Å². The number of hydrogen-bond donors (Lipinski definition) is 0. The summed E-state index contributed by atoms with van der Waals surface area (Å²) in [6.07, 6.45) is -5.85. The molecule has 1 aliphatic carbocycles. The Bertz CT molecular complexity index is 1940. The summed E-state index contributed by atoms with van der Waals surface area (Å²) in [4.78, 5) is 51.7. The van der Waals surface area contributed by atoms with Crippen LogP contribution >= 0.6 is 31.9 Å². The van der Waals surface area contributed by atoms with Gasteiger partial charge in [0.25, 0.3) is 0 Å². The molecule has 0 N–H and O–H groups in total. The highest BCUT2D eigenvalue weighted by atomic mass is 79.9. The highest BCUT2D eigenvalue weighted by molar-refractivity contribution is 9.10. The van der Waals surface area contributed by atoms with Gasteiger partial charge in [-0.1, -0.05) is 61.3 Å². The average molecular weight is 835 g/mol. The zero-order chi connectivity index (χ0) is 36.5. The molecule has 0 radical (unpaired) electrons. The van der Waals surface area contributed by atoms with Crippen molar-refractivity contribution in [3.05, 3.63) is 92.4 Å². The zero-order valence-corrected chi connectivity index (χ0v) is 30.8. The Morgan fingerprint density at radius 1 is 0.961 bits per heavy atom. The van der Waals surface area contributed by atoms with Crippen LogP contribution in [-0.2, 0) is 36.0 Å². The number of carbonyl (C=O) groups is 3. The number of nitrogens with zero attached hydrogens (tertiary/aromatic N) is 3. The van der Waals surface area contributed by atoms with E-state index in [1.807, 2.05) is 0 Å². The Labute approximate surface area is 308 Å². The molecule has 1 saturated heterocycles. The van der Waals surface area contributed by atoms with Crippen molar-refractivity contribution < 1.29 is 46.6 Å². The number of halogens is 5. The molecule has 0 bridgehead atoms. The lowest BCUT2D eigenvalue weighted by Gasteiger charge is -2.53. The molecule has 2 fully saturated rings. The number of urea groups is 1. The maximum Gasteiger partial charge on any atom is 0.417 e. The van der Waals surface area contributed by atoms with Crippen LogP contribution in [0.3, 0.4) is 0 Å². The van der Waals surface area contributed by atoms with E-state index in [0.717, 1.165) is 4.47 Å². The SMILES string of the molecule is CCOC(=O)[C@@]12ON=C(c3ccc(Br)cc3)[C@@H]1C[C@]1(C(=O)OCC)[C@H]2CN2C(=O)N(Cc3ccc(OC)cc3)c3ccc(Br)cc3[C@@]21C(F)(F)F. The molecular weight excluding hydrogens is 803 g/mol. The van der Waals surface area contributed by atoms with Crippen LogP contribution in [-0.4, -0.2) is 67.2 Å². The quantitative estimate of drug-likeness (QED) is 0.219. The van der Waals surface area contributed by atoms with Gasteiger partial charge in [-0.2, -0.15) is 13.2 Å². The molecule has 3 aliphatic heterocycles. The van der Waals surface area contributed by atoms with Crippen molar-refractivity contribution >= 4 is 61.2 Å². The van der Waals surface area contributed by atoms with Crippen LogP contribution < -0.4 is 9.64 Å². The second-order valence-corrected chi connectivity index (χ2v) is 14.6. The van der Waals surface area contributed by atoms with Crippen LogP contribution in [0.4, 0.5) is 23.7 Å². The summed E-state index contributed by atoms with van der Waals surface area (Å²) in [6.45, 7) is 1.88. The van der Waals surface area contributed by atoms with Gasteiger partial charge in [-0.15, -0.1) is 0 Å². The molecule has 0 spiro atoms. The van der Waals surface area contributed by atoms with E-state index < -0.39 is 65.5 Å². The highest BCUT2D eigenvalue weighted by Crippen LogP contribution is 2.75. The number of methoxy groups -OCH3 is 1. The summed E-state index contributed by atoms with van der Waals surface area (Å²) in [5.74, 6) is -4.38. The van der Waals surface area contributed by atoms with Gasteiger partial charge in [0.05, 0.1) is 50.1 Å². The number of hydrogen-bond acceptors (Lipinski definition) is 8. The standard InChI is InChI=1S/C36H32Br2F3N3O7/c1-4-49-30(45)33-17-26-29(21-8-10-22(37)11-9-21)42-51-34(26,31(46)50-5-2)28(33)19-44-32(47)43(18-20-6-13-24(48-3)14-7-20)27-15-12-23(38)16-25(27)35(33,44)36(39,40)41/h6-16,26,28H,4-5,17-19H2,1-3H3/t26-,28+,33+,34+,35+/m0/s1. The van der Waals surface area contributed by atoms with Gasteiger partial charge in [0.1, 0.15) is 11.2 Å². The first-order chi connectivity index (χ1) is 24.3. The minimum absolute atomic E-state index is 0.0399. The van der Waals surface area contributed by atoms with E-state index in [4.69, 9.17) is 19.0 Å². The van der Waals surface area contributed by atoms with E-state index in [1.165, 1.54) is 31.1 Å². The minimum atomic E-state index is -5.27. The van der Waals surface area contributed by atoms with Gasteiger partial charge < -0.3 is 23.9 Å². The maximum absolute atomic E-state index is 16.7. The number of fused-ring (bicyclic) bond motifs is 7. The molecule has 5 atom stereocenters. The lowest BCUT2D eigenvalue weighted by atomic mass is 9.60. The molecular formula is C36H32Br2F3N3O7. The van der Waals surface area contributed by atoms with Crippen molar-refractivity contribution in [2.45, 2.75) is 44.1 Å². The van der Waals surface area contributed by atoms with Crippen LogP contribution in [0.1, 0.15) is 37.0 Å². The number of anilines is 1. The maximum atomic E-state index is 16.7. The van der Waals surface area contributed by atoms with Crippen LogP contribution in [0.5, 0.6) is 5.75 Å². The number of benzene rings is 3. The van der Waals surface area contributed by atoms with Crippen molar-refractivity contribution in [1.29, 1.82) is 0 Å². The molecule has 1 saturated carbocycles. The fourth-order valence-electron chi connectivity index (χ4n) is 8.68. The summed E-state index contributed by atoms with van der Waals surface area (Å²) in [7, 11) is 1.51. The fraction of sp³-hybridized carbons (Fsp3) is 0.389. The van der Waals surface area contributed by atoms with Gasteiger partial charge in [-0.25, -0.2) is 9.59 Å². The summed E-state index contributed by atoms with van der Waals surface area (Å²) < 4.78 is 67.4. The van der Waals surface area contributed by atoms with Gasteiger partial charge in [-0.05, 0) is 73.9 Å². The van der Waals surface area contributed by atoms with E-state index in [1.54, 1.807) is 61.5 Å². The predicted molar refractivity (Wildman–Crippen MR) is 185 cm³/mol. The number of oxime groups is 1. The molecule has 4 aliphatic rings. The van der Waals surface area contributed by atoms with E-state index in [0.29, 0.717) is 21.8 Å². The molecule has 268 valence electrons. The Hall–Kier alpha value is -4.11. The van der Waals surface area contributed by atoms with Crippen molar-refractivity contribution in [3.8, 4) is 5.75 Å². The molecule has 7 rings (SSSR count). The second kappa shape index (κ2) is 12.5. The Kier molecular flexibility index (Phi) is 8.68. The summed E-state index contributed by atoms with van der Waals surface area (Å²) >= 11 is 6.75. The smallest absolute Gasteiger partial charge is 0.417 e. The Morgan fingerprint density at radius 3 is 2.24 bits per heavy atom. The molecule has 3 heterocycles. The molecule has 51 heavy (non-hydrogen) atoms. The number of ether oxygens (including phenoxy) is 3. The normalized spacial score (nSPS) is 27.5. The first-order valence-electron chi connectivity index (χ1n) is 16.3. The van der Waals surface area contributed by atoms with Crippen molar-refractivity contribution in [2.75, 3.05) is 31.8 Å². The van der Waals surface area contributed by atoms with Gasteiger partial charge in [-0.3, -0.25) is 9.69 Å². The van der Waals surface area contributed by atoms with Gasteiger partial charge >= 0.3 is 24.1 Å². The molecule has 0 unspecified atom stereocenters. The highest BCUT2D eigenvalue weighted by Gasteiger charge is 2.91. The van der Waals surface area contributed by atoms with E-state index in [9.17, 15) is 14.4 Å². The second-order valence-electron chi connectivity index (χ2n) is 12.8. The molecule has 10 nitrogen and oxygen atoms in total. The number of rotatable bonds is 8. The van der Waals surface area contributed by atoms with Gasteiger partial charge in [0.2, 0.25) is 5.60 Å². The van der Waals surface area contributed by atoms with Crippen molar-refractivity contribution in [3.63, 3.8) is 0 Å². The number of alkyl halides is 3. The fourth-order valence-corrected chi connectivity index (χ4v) is 9.30. The number of carbonyl (C=O) groups excluding carboxylic acids is 3. The summed E-state index contributed by atoms with van der Waals surface area (Å²) in [5, 5.41) is 4.29. The predicted octanol–water partition coefficient (Wildman–Crippen LogP) is 7.36. The Morgan fingerprint density at radius 2 is 1.61 bits per heavy atom. The first-order valence-corrected chi connectivity index (χ1v) is 17.9. The van der Waals surface area contributed by atoms with E-state index >= 15 is 13.2 Å². The van der Waals surface area contributed by atoms with Crippen LogP contribution in [0.15, 0.2) is 80.8 Å². The average Bonchev–Trinajstić information content (AvgIpc) is 3.72. The third-order valence-corrected chi connectivity index (χ3v) is 11.6. The van der Waals surface area contributed by atoms with Crippen molar-refractivity contribution in [1.82, 2.24) is 4.90 Å². The van der Waals surface area contributed by atoms with Crippen LogP contribution in [0.25, 0.3) is 0 Å². The third-order valence-electron chi connectivity index (χ3n) is 10.6. The lowest BCUT2D eigenvalue weighted by Crippen LogP contribution is -2.69. The van der Waals surface area contributed by atoms with Crippen LogP contribution in [0, 0.1) is 17.3 Å². The number of esters is 2. The largest absolute Gasteiger partial charge is 0.497 e. The van der Waals surface area contributed by atoms with E-state index in [2.05, 4.69) is 37.0 Å². The minimum Gasteiger partial charge on any atom is -0.497 e. The monoisotopic (exact) mass is 833 g/mol. The lowest BCUT2D eigenvalue weighted by molar-refractivity contribution is -0.258. The molecule has 15 heteroatoms. The molecule has 3 aromatic rings. The summed E-state index contributed by atoms with van der Waals surface area (Å²) in [5.41, 5.74) is -7.15. The van der Waals surface area contributed by atoms with Crippen molar-refractivity contribution in [2.24, 2.45) is 22.4 Å². The topological polar surface area (TPSA) is 107 Å². The van der Waals surface area contributed by atoms with E-state index in [-0.39, 0.29) is 41.2 Å². The molecule has 0 aromatic heterocycles. The number of amides is 2. The van der Waals surface area contributed by atoms with Gasteiger partial charge in [0.15, 0.2) is 5.54 Å². The first kappa shape index (κ1) is 35.3. The summed E-state index contributed by atoms with van der Waals surface area (Å²) in [6, 6.07) is 16.9. The zero-order valence-electron chi connectivity index (χ0n) is 27.6. The Balaban J connectivity index is 1.50. The molecule has 3 aromatic carbocycles. The molecule has 2 amide bonds. The third kappa shape index (κ3) is 4.79.